The number of rotatable bonds is 4. The first kappa shape index (κ1) is 10.9. The summed E-state index contributed by atoms with van der Waals surface area (Å²) < 4.78 is 24.8. The van der Waals surface area contributed by atoms with Gasteiger partial charge in [0.1, 0.15) is 0 Å². The van der Waals surface area contributed by atoms with E-state index >= 15 is 0 Å². The van der Waals surface area contributed by atoms with Gasteiger partial charge in [-0.3, -0.25) is 0 Å². The van der Waals surface area contributed by atoms with Gasteiger partial charge in [0.05, 0.1) is 6.54 Å². The van der Waals surface area contributed by atoms with Gasteiger partial charge < -0.3 is 10.6 Å². The van der Waals surface area contributed by atoms with Gasteiger partial charge in [-0.1, -0.05) is 6.42 Å². The van der Waals surface area contributed by atoms with E-state index in [9.17, 15) is 8.78 Å². The van der Waals surface area contributed by atoms with Gasteiger partial charge in [0.25, 0.3) is 5.92 Å². The minimum absolute atomic E-state index is 0.217. The molecule has 0 radical (unpaired) electrons. The lowest BCUT2D eigenvalue weighted by molar-refractivity contribution is 0.0222. The summed E-state index contributed by atoms with van der Waals surface area (Å²) in [4.78, 5) is 0. The fourth-order valence-electron chi connectivity index (χ4n) is 1.56. The predicted octanol–water partition coefficient (Wildman–Crippen LogP) is 1.37. The van der Waals surface area contributed by atoms with Crippen molar-refractivity contribution in [3.63, 3.8) is 0 Å². The molecule has 13 heavy (non-hydrogen) atoms. The predicted molar refractivity (Wildman–Crippen MR) is 49.1 cm³/mol. The van der Waals surface area contributed by atoms with Crippen molar-refractivity contribution >= 4 is 0 Å². The van der Waals surface area contributed by atoms with Gasteiger partial charge in [-0.15, -0.1) is 0 Å². The first-order chi connectivity index (χ1) is 6.08. The summed E-state index contributed by atoms with van der Waals surface area (Å²) in [6, 6.07) is 0.385. The van der Waals surface area contributed by atoms with Crippen molar-refractivity contribution < 1.29 is 8.78 Å². The first-order valence-corrected chi connectivity index (χ1v) is 4.90. The molecule has 0 aromatic carbocycles. The molecule has 0 aromatic heterocycles. The first-order valence-electron chi connectivity index (χ1n) is 4.90. The Labute approximate surface area is 78.1 Å². The zero-order valence-corrected chi connectivity index (χ0v) is 8.08. The molecule has 1 heterocycles. The van der Waals surface area contributed by atoms with Crippen molar-refractivity contribution in [3.05, 3.63) is 0 Å². The van der Waals surface area contributed by atoms with Crippen molar-refractivity contribution in [1.82, 2.24) is 10.6 Å². The van der Waals surface area contributed by atoms with E-state index in [1.807, 2.05) is 0 Å². The largest absolute Gasteiger partial charge is 0.313 e. The molecule has 1 unspecified atom stereocenters. The highest BCUT2D eigenvalue weighted by Crippen LogP contribution is 2.10. The fraction of sp³-hybridized carbons (Fsp3) is 1.00. The lowest BCUT2D eigenvalue weighted by atomic mass is 10.1. The highest BCUT2D eigenvalue weighted by Gasteiger charge is 2.21. The molecule has 2 nitrogen and oxygen atoms in total. The summed E-state index contributed by atoms with van der Waals surface area (Å²) in [6.45, 7) is 2.40. The van der Waals surface area contributed by atoms with Gasteiger partial charge in [-0.05, 0) is 19.4 Å². The molecule has 1 fully saturated rings. The molecule has 1 atom stereocenters. The van der Waals surface area contributed by atoms with Gasteiger partial charge in [-0.2, -0.15) is 0 Å². The lowest BCUT2D eigenvalue weighted by Gasteiger charge is -2.24. The van der Waals surface area contributed by atoms with Crippen molar-refractivity contribution in [3.8, 4) is 0 Å². The summed E-state index contributed by atoms with van der Waals surface area (Å²) in [6.07, 6.45) is 3.52. The van der Waals surface area contributed by atoms with E-state index in [1.165, 1.54) is 12.8 Å². The smallest absolute Gasteiger partial charge is 0.257 e. The highest BCUT2D eigenvalue weighted by molar-refractivity contribution is 4.75. The molecule has 0 aromatic rings. The molecule has 0 bridgehead atoms. The van der Waals surface area contributed by atoms with Crippen LogP contribution in [0.15, 0.2) is 0 Å². The number of hydrogen-bond acceptors (Lipinski definition) is 2. The van der Waals surface area contributed by atoms with Crippen LogP contribution in [0.4, 0.5) is 8.78 Å². The Morgan fingerprint density at radius 1 is 1.46 bits per heavy atom. The van der Waals surface area contributed by atoms with Crippen molar-refractivity contribution in [1.29, 1.82) is 0 Å². The zero-order valence-electron chi connectivity index (χ0n) is 8.08. The molecular formula is C9H18F2N2. The number of piperidine rings is 1. The molecule has 4 heteroatoms. The lowest BCUT2D eigenvalue weighted by Crippen LogP contribution is -2.44. The standard InChI is InChI=1S/C9H18F2N2/c1-9(10,11)7-12-6-8-4-2-3-5-13-8/h8,12-13H,2-7H2,1H3. The maximum atomic E-state index is 12.4. The van der Waals surface area contributed by atoms with E-state index in [0.717, 1.165) is 19.9 Å². The molecule has 1 aliphatic heterocycles. The van der Waals surface area contributed by atoms with E-state index in [4.69, 9.17) is 0 Å². The molecule has 2 N–H and O–H groups in total. The van der Waals surface area contributed by atoms with Crippen LogP contribution >= 0.6 is 0 Å². The molecule has 1 saturated heterocycles. The summed E-state index contributed by atoms with van der Waals surface area (Å²) in [5, 5.41) is 6.08. The third kappa shape index (κ3) is 5.16. The quantitative estimate of drug-likeness (QED) is 0.703. The fourth-order valence-corrected chi connectivity index (χ4v) is 1.56. The number of halogens is 2. The van der Waals surface area contributed by atoms with E-state index in [1.54, 1.807) is 0 Å². The molecule has 1 aliphatic rings. The normalized spacial score (nSPS) is 24.7. The zero-order chi connectivity index (χ0) is 9.73. The molecular weight excluding hydrogens is 174 g/mol. The summed E-state index contributed by atoms with van der Waals surface area (Å²) >= 11 is 0. The molecule has 1 rings (SSSR count). The molecule has 78 valence electrons. The minimum atomic E-state index is -2.59. The Balaban J connectivity index is 2.04. The Bertz CT molecular complexity index is 139. The van der Waals surface area contributed by atoms with E-state index < -0.39 is 5.92 Å². The maximum absolute atomic E-state index is 12.4. The number of nitrogens with one attached hydrogen (secondary N) is 2. The highest BCUT2D eigenvalue weighted by atomic mass is 19.3. The third-order valence-corrected chi connectivity index (χ3v) is 2.24. The van der Waals surface area contributed by atoms with Crippen LogP contribution in [0.5, 0.6) is 0 Å². The maximum Gasteiger partial charge on any atom is 0.257 e. The number of alkyl halides is 2. The molecule has 0 aliphatic carbocycles. The van der Waals surface area contributed by atoms with Crippen molar-refractivity contribution in [2.24, 2.45) is 0 Å². The van der Waals surface area contributed by atoms with E-state index in [-0.39, 0.29) is 6.54 Å². The Kier molecular flexibility index (Phi) is 4.06. The van der Waals surface area contributed by atoms with Gasteiger partial charge >= 0.3 is 0 Å². The second kappa shape index (κ2) is 4.86. The van der Waals surface area contributed by atoms with Crippen LogP contribution in [0, 0.1) is 0 Å². The second-order valence-electron chi connectivity index (χ2n) is 3.85. The summed E-state index contributed by atoms with van der Waals surface area (Å²) in [5.41, 5.74) is 0. The van der Waals surface area contributed by atoms with Crippen molar-refractivity contribution in [2.45, 2.75) is 38.2 Å². The van der Waals surface area contributed by atoms with Gasteiger partial charge in [0.15, 0.2) is 0 Å². The van der Waals surface area contributed by atoms with Crippen molar-refractivity contribution in [2.75, 3.05) is 19.6 Å². The van der Waals surface area contributed by atoms with Crippen LogP contribution < -0.4 is 10.6 Å². The molecule has 0 amide bonds. The third-order valence-electron chi connectivity index (χ3n) is 2.24. The van der Waals surface area contributed by atoms with Crippen LogP contribution in [0.25, 0.3) is 0 Å². The second-order valence-corrected chi connectivity index (χ2v) is 3.85. The van der Waals surface area contributed by atoms with Crippen LogP contribution in [0.3, 0.4) is 0 Å². The number of hydrogen-bond donors (Lipinski definition) is 2. The van der Waals surface area contributed by atoms with Crippen LogP contribution in [0.2, 0.25) is 0 Å². The Morgan fingerprint density at radius 3 is 2.77 bits per heavy atom. The average Bonchev–Trinajstić information content (AvgIpc) is 2.04. The van der Waals surface area contributed by atoms with E-state index in [0.29, 0.717) is 12.6 Å². The Hall–Kier alpha value is -0.220. The van der Waals surface area contributed by atoms with E-state index in [2.05, 4.69) is 10.6 Å². The van der Waals surface area contributed by atoms with Gasteiger partial charge in [-0.25, -0.2) is 8.78 Å². The van der Waals surface area contributed by atoms with Crippen LogP contribution in [0.1, 0.15) is 26.2 Å². The topological polar surface area (TPSA) is 24.1 Å². The van der Waals surface area contributed by atoms with Gasteiger partial charge in [0.2, 0.25) is 0 Å². The average molecular weight is 192 g/mol. The summed E-state index contributed by atoms with van der Waals surface area (Å²) in [7, 11) is 0. The molecule has 0 saturated carbocycles. The SMILES string of the molecule is CC(F)(F)CNCC1CCCCN1. The van der Waals surface area contributed by atoms with Gasteiger partial charge in [0, 0.05) is 19.5 Å². The minimum Gasteiger partial charge on any atom is -0.313 e. The monoisotopic (exact) mass is 192 g/mol. The Morgan fingerprint density at radius 2 is 2.23 bits per heavy atom. The summed E-state index contributed by atoms with van der Waals surface area (Å²) in [5.74, 6) is -2.59. The molecule has 0 spiro atoms. The van der Waals surface area contributed by atoms with Crippen LogP contribution in [-0.2, 0) is 0 Å². The van der Waals surface area contributed by atoms with Crippen LogP contribution in [-0.4, -0.2) is 31.6 Å².